The first-order valence-electron chi connectivity index (χ1n) is 8.76. The van der Waals surface area contributed by atoms with Gasteiger partial charge in [-0.15, -0.1) is 0 Å². The van der Waals surface area contributed by atoms with E-state index in [2.05, 4.69) is 5.32 Å². The Hall–Kier alpha value is -1.63. The molecule has 0 bridgehead atoms. The van der Waals surface area contributed by atoms with E-state index in [1.54, 1.807) is 23.8 Å². The molecule has 0 spiro atoms. The molecule has 2 amide bonds. The summed E-state index contributed by atoms with van der Waals surface area (Å²) in [6, 6.07) is -0.772. The molecule has 0 heterocycles. The molecular weight excluding hydrogens is 310 g/mol. The molecule has 7 heteroatoms. The van der Waals surface area contributed by atoms with Crippen LogP contribution < -0.4 is 5.32 Å². The van der Waals surface area contributed by atoms with Crippen molar-refractivity contribution in [1.29, 1.82) is 0 Å². The first kappa shape index (κ1) is 20.4. The number of carbonyl (C=O) groups excluding carboxylic acids is 2. The first-order chi connectivity index (χ1) is 11.3. The van der Waals surface area contributed by atoms with Crippen LogP contribution in [0.3, 0.4) is 0 Å². The van der Waals surface area contributed by atoms with Gasteiger partial charge in [-0.1, -0.05) is 19.3 Å². The van der Waals surface area contributed by atoms with Crippen LogP contribution in [0, 0.1) is 5.92 Å². The fourth-order valence-electron chi connectivity index (χ4n) is 3.09. The number of hydrogen-bond acceptors (Lipinski definition) is 4. The average molecular weight is 341 g/mol. The highest BCUT2D eigenvalue weighted by Crippen LogP contribution is 2.24. The van der Waals surface area contributed by atoms with E-state index >= 15 is 0 Å². The third-order valence-corrected chi connectivity index (χ3v) is 4.70. The van der Waals surface area contributed by atoms with Crippen molar-refractivity contribution in [3.63, 3.8) is 0 Å². The normalized spacial score (nSPS) is 16.7. The maximum Gasteiger partial charge on any atom is 0.320 e. The van der Waals surface area contributed by atoms with E-state index in [1.165, 1.54) is 26.2 Å². The molecular formula is C17H31N3O4. The van der Waals surface area contributed by atoms with Gasteiger partial charge in [0.1, 0.15) is 6.04 Å². The van der Waals surface area contributed by atoms with Crippen molar-refractivity contribution < 1.29 is 19.5 Å². The molecule has 0 radical (unpaired) electrons. The summed E-state index contributed by atoms with van der Waals surface area (Å²) in [6.45, 7) is 4.41. The van der Waals surface area contributed by atoms with Crippen LogP contribution in [0.25, 0.3) is 0 Å². The van der Waals surface area contributed by atoms with Crippen molar-refractivity contribution in [1.82, 2.24) is 15.1 Å². The van der Waals surface area contributed by atoms with E-state index in [0.29, 0.717) is 19.0 Å². The number of likely N-dealkylation sites (N-methyl/N-ethyl adjacent to an activating group) is 1. The van der Waals surface area contributed by atoms with Crippen LogP contribution in [0.2, 0.25) is 0 Å². The standard InChI is InChI=1S/C17H31N3O4/c1-13(17(23)24)20(10-9-18-14(2)21)12-16(22)19(3)11-15-7-5-4-6-8-15/h13,15H,4-12H2,1-3H3,(H,18,21)(H,23,24). The molecule has 0 aromatic rings. The second kappa shape index (κ2) is 10.3. The van der Waals surface area contributed by atoms with Crippen molar-refractivity contribution >= 4 is 17.8 Å². The maximum absolute atomic E-state index is 12.5. The lowest BCUT2D eigenvalue weighted by atomic mass is 9.89. The van der Waals surface area contributed by atoms with E-state index in [0.717, 1.165) is 19.4 Å². The Morgan fingerprint density at radius 2 is 1.83 bits per heavy atom. The summed E-state index contributed by atoms with van der Waals surface area (Å²) >= 11 is 0. The van der Waals surface area contributed by atoms with Gasteiger partial charge in [0.15, 0.2) is 0 Å². The molecule has 0 aliphatic heterocycles. The molecule has 138 valence electrons. The molecule has 0 saturated heterocycles. The van der Waals surface area contributed by atoms with Crippen LogP contribution >= 0.6 is 0 Å². The lowest BCUT2D eigenvalue weighted by Crippen LogP contribution is -2.48. The van der Waals surface area contributed by atoms with Gasteiger partial charge in [0.25, 0.3) is 0 Å². The smallest absolute Gasteiger partial charge is 0.320 e. The zero-order chi connectivity index (χ0) is 18.1. The highest BCUT2D eigenvalue weighted by atomic mass is 16.4. The van der Waals surface area contributed by atoms with Crippen LogP contribution in [-0.2, 0) is 14.4 Å². The van der Waals surface area contributed by atoms with Gasteiger partial charge in [0, 0.05) is 33.6 Å². The van der Waals surface area contributed by atoms with Crippen LogP contribution in [0.5, 0.6) is 0 Å². The summed E-state index contributed by atoms with van der Waals surface area (Å²) in [5.74, 6) is -0.659. The number of carboxylic acid groups (broad SMARTS) is 1. The zero-order valence-corrected chi connectivity index (χ0v) is 15.1. The number of carboxylic acids is 1. The molecule has 1 atom stereocenters. The van der Waals surface area contributed by atoms with Gasteiger partial charge in [-0.25, -0.2) is 0 Å². The predicted octanol–water partition coefficient (Wildman–Crippen LogP) is 0.936. The van der Waals surface area contributed by atoms with Gasteiger partial charge in [0.2, 0.25) is 11.8 Å². The Bertz CT molecular complexity index is 436. The van der Waals surface area contributed by atoms with Crippen molar-refractivity contribution in [2.75, 3.05) is 33.2 Å². The third kappa shape index (κ3) is 7.29. The van der Waals surface area contributed by atoms with Crippen LogP contribution in [0.4, 0.5) is 0 Å². The Labute approximate surface area is 144 Å². The van der Waals surface area contributed by atoms with Gasteiger partial charge in [0.05, 0.1) is 6.54 Å². The molecule has 1 unspecified atom stereocenters. The fraction of sp³-hybridized carbons (Fsp3) is 0.824. The fourth-order valence-corrected chi connectivity index (χ4v) is 3.09. The summed E-state index contributed by atoms with van der Waals surface area (Å²) in [4.78, 5) is 38.0. The Morgan fingerprint density at radius 1 is 1.21 bits per heavy atom. The quantitative estimate of drug-likeness (QED) is 0.651. The van der Waals surface area contributed by atoms with E-state index < -0.39 is 12.0 Å². The summed E-state index contributed by atoms with van der Waals surface area (Å²) in [5, 5.41) is 11.9. The summed E-state index contributed by atoms with van der Waals surface area (Å²) in [7, 11) is 1.79. The molecule has 1 fully saturated rings. The van der Waals surface area contributed by atoms with Crippen molar-refractivity contribution in [2.24, 2.45) is 5.92 Å². The molecule has 2 N–H and O–H groups in total. The number of carbonyl (C=O) groups is 3. The van der Waals surface area contributed by atoms with Crippen molar-refractivity contribution in [3.8, 4) is 0 Å². The van der Waals surface area contributed by atoms with Crippen LogP contribution in [0.1, 0.15) is 46.0 Å². The van der Waals surface area contributed by atoms with Crippen LogP contribution in [0.15, 0.2) is 0 Å². The maximum atomic E-state index is 12.5. The zero-order valence-electron chi connectivity index (χ0n) is 15.1. The number of aliphatic carboxylic acids is 1. The molecule has 0 aromatic heterocycles. The van der Waals surface area contributed by atoms with E-state index in [4.69, 9.17) is 0 Å². The van der Waals surface area contributed by atoms with Crippen LogP contribution in [-0.4, -0.2) is 72.0 Å². The summed E-state index contributed by atoms with van der Waals surface area (Å²) in [6.07, 6.45) is 6.06. The number of hydrogen-bond donors (Lipinski definition) is 2. The van der Waals surface area contributed by atoms with Crippen molar-refractivity contribution in [3.05, 3.63) is 0 Å². The summed E-state index contributed by atoms with van der Waals surface area (Å²) < 4.78 is 0. The number of rotatable bonds is 9. The SMILES string of the molecule is CC(=O)NCCN(CC(=O)N(C)CC1CCCCC1)C(C)C(=O)O. The van der Waals surface area contributed by atoms with E-state index in [9.17, 15) is 19.5 Å². The van der Waals surface area contributed by atoms with Gasteiger partial charge in [-0.3, -0.25) is 19.3 Å². The lowest BCUT2D eigenvalue weighted by Gasteiger charge is -2.30. The predicted molar refractivity (Wildman–Crippen MR) is 91.6 cm³/mol. The second-order valence-corrected chi connectivity index (χ2v) is 6.75. The lowest BCUT2D eigenvalue weighted by molar-refractivity contribution is -0.144. The highest BCUT2D eigenvalue weighted by molar-refractivity contribution is 5.79. The monoisotopic (exact) mass is 341 g/mol. The number of amides is 2. The minimum atomic E-state index is -0.972. The Kier molecular flexibility index (Phi) is 8.74. The average Bonchev–Trinajstić information content (AvgIpc) is 2.53. The third-order valence-electron chi connectivity index (χ3n) is 4.70. The summed E-state index contributed by atoms with van der Waals surface area (Å²) in [5.41, 5.74) is 0. The molecule has 1 saturated carbocycles. The molecule has 24 heavy (non-hydrogen) atoms. The molecule has 1 rings (SSSR count). The molecule has 0 aromatic carbocycles. The van der Waals surface area contributed by atoms with Gasteiger partial charge in [-0.2, -0.15) is 0 Å². The van der Waals surface area contributed by atoms with Gasteiger partial charge < -0.3 is 15.3 Å². The second-order valence-electron chi connectivity index (χ2n) is 6.75. The van der Waals surface area contributed by atoms with Crippen molar-refractivity contribution in [2.45, 2.75) is 52.0 Å². The largest absolute Gasteiger partial charge is 0.480 e. The van der Waals surface area contributed by atoms with E-state index in [1.807, 2.05) is 0 Å². The highest BCUT2D eigenvalue weighted by Gasteiger charge is 2.25. The minimum Gasteiger partial charge on any atom is -0.480 e. The molecule has 7 nitrogen and oxygen atoms in total. The molecule has 1 aliphatic rings. The minimum absolute atomic E-state index is 0.0519. The Morgan fingerprint density at radius 3 is 2.38 bits per heavy atom. The Balaban J connectivity index is 2.53. The first-order valence-corrected chi connectivity index (χ1v) is 8.76. The molecule has 1 aliphatic carbocycles. The van der Waals surface area contributed by atoms with Gasteiger partial charge in [-0.05, 0) is 25.7 Å². The van der Waals surface area contributed by atoms with Gasteiger partial charge >= 0.3 is 5.97 Å². The number of nitrogens with one attached hydrogen (secondary N) is 1. The van der Waals surface area contributed by atoms with E-state index in [-0.39, 0.29) is 18.4 Å². The topological polar surface area (TPSA) is 90.0 Å². The number of nitrogens with zero attached hydrogens (tertiary/aromatic N) is 2.